The molecule has 1 heterocycles. The normalized spacial score (nSPS) is 12.0. The summed E-state index contributed by atoms with van der Waals surface area (Å²) in [7, 11) is 1.85. The number of aryl methyl sites for hydroxylation is 1. The number of amides is 1. The number of rotatable bonds is 6. The Bertz CT molecular complexity index is 597. The monoisotopic (exact) mass is 306 g/mol. The third kappa shape index (κ3) is 4.22. The van der Waals surface area contributed by atoms with Crippen LogP contribution in [0.3, 0.4) is 0 Å². The number of hydrogen-bond acceptors (Lipinski definition) is 5. The maximum absolute atomic E-state index is 12.1. The summed E-state index contributed by atoms with van der Waals surface area (Å²) in [4.78, 5) is 12.1. The summed E-state index contributed by atoms with van der Waals surface area (Å²) in [6, 6.07) is 7.31. The van der Waals surface area contributed by atoms with Gasteiger partial charge in [-0.3, -0.25) is 4.79 Å². The molecular weight excluding hydrogens is 288 g/mol. The minimum Gasteiger partial charge on any atom is -0.494 e. The van der Waals surface area contributed by atoms with Gasteiger partial charge in [0, 0.05) is 12.7 Å². The van der Waals surface area contributed by atoms with E-state index >= 15 is 0 Å². The van der Waals surface area contributed by atoms with E-state index in [1.54, 1.807) is 10.9 Å². The molecule has 1 aromatic carbocycles. The molecule has 112 valence electrons. The van der Waals surface area contributed by atoms with Crippen LogP contribution in [0.4, 0.5) is 5.69 Å². The number of thioether (sulfide) groups is 1. The van der Waals surface area contributed by atoms with Crippen LogP contribution in [0.5, 0.6) is 5.75 Å². The molecule has 0 bridgehead atoms. The first-order valence-electron chi connectivity index (χ1n) is 6.64. The van der Waals surface area contributed by atoms with Crippen molar-refractivity contribution < 1.29 is 9.53 Å². The van der Waals surface area contributed by atoms with Gasteiger partial charge in [0.2, 0.25) is 5.91 Å². The topological polar surface area (TPSA) is 69.0 Å². The largest absolute Gasteiger partial charge is 0.494 e. The predicted molar refractivity (Wildman–Crippen MR) is 82.6 cm³/mol. The predicted octanol–water partition coefficient (Wildman–Crippen LogP) is 2.33. The maximum Gasteiger partial charge on any atom is 0.237 e. The van der Waals surface area contributed by atoms with Gasteiger partial charge >= 0.3 is 0 Å². The van der Waals surface area contributed by atoms with E-state index in [1.807, 2.05) is 45.2 Å². The maximum atomic E-state index is 12.1. The molecule has 7 heteroatoms. The molecule has 0 fully saturated rings. The molecule has 1 amide bonds. The van der Waals surface area contributed by atoms with Gasteiger partial charge in [-0.2, -0.15) is 0 Å². The number of nitrogens with one attached hydrogen (secondary N) is 1. The van der Waals surface area contributed by atoms with Gasteiger partial charge in [0.15, 0.2) is 5.16 Å². The quantitative estimate of drug-likeness (QED) is 0.830. The zero-order valence-corrected chi connectivity index (χ0v) is 13.1. The molecule has 0 radical (unpaired) electrons. The second kappa shape index (κ2) is 7.12. The molecule has 1 N–H and O–H groups in total. The molecule has 21 heavy (non-hydrogen) atoms. The van der Waals surface area contributed by atoms with Gasteiger partial charge in [-0.1, -0.05) is 11.8 Å². The van der Waals surface area contributed by atoms with Gasteiger partial charge in [-0.15, -0.1) is 10.2 Å². The van der Waals surface area contributed by atoms with E-state index in [-0.39, 0.29) is 11.2 Å². The average Bonchev–Trinajstić information content (AvgIpc) is 2.86. The minimum atomic E-state index is -0.264. The Balaban J connectivity index is 1.92. The molecule has 1 aromatic heterocycles. The third-order valence-electron chi connectivity index (χ3n) is 2.75. The van der Waals surface area contributed by atoms with Crippen molar-refractivity contribution >= 4 is 23.4 Å². The van der Waals surface area contributed by atoms with Crippen LogP contribution >= 0.6 is 11.8 Å². The van der Waals surface area contributed by atoms with Crippen molar-refractivity contribution in [2.45, 2.75) is 24.3 Å². The first-order chi connectivity index (χ1) is 10.1. The zero-order valence-electron chi connectivity index (χ0n) is 12.2. The van der Waals surface area contributed by atoms with Crippen molar-refractivity contribution in [3.8, 4) is 5.75 Å². The highest BCUT2D eigenvalue weighted by Crippen LogP contribution is 2.22. The molecule has 0 aliphatic rings. The number of carbonyl (C=O) groups is 1. The summed E-state index contributed by atoms with van der Waals surface area (Å²) < 4.78 is 7.14. The van der Waals surface area contributed by atoms with Crippen LogP contribution in [-0.2, 0) is 11.8 Å². The van der Waals surface area contributed by atoms with E-state index in [0.29, 0.717) is 11.8 Å². The summed E-state index contributed by atoms with van der Waals surface area (Å²) in [5.41, 5.74) is 0.744. The van der Waals surface area contributed by atoms with Gasteiger partial charge < -0.3 is 14.6 Å². The lowest BCUT2D eigenvalue weighted by atomic mass is 10.3. The van der Waals surface area contributed by atoms with Gasteiger partial charge in [-0.05, 0) is 38.1 Å². The summed E-state index contributed by atoms with van der Waals surface area (Å²) in [5.74, 6) is 0.712. The van der Waals surface area contributed by atoms with Crippen molar-refractivity contribution in [3.05, 3.63) is 30.6 Å². The molecule has 0 spiro atoms. The third-order valence-corrected chi connectivity index (χ3v) is 3.90. The molecule has 2 rings (SSSR count). The number of hydrogen-bond donors (Lipinski definition) is 1. The van der Waals surface area contributed by atoms with Crippen LogP contribution in [0.2, 0.25) is 0 Å². The standard InChI is InChI=1S/C14H18N4O2S/c1-4-20-12-7-5-11(6-8-12)16-13(19)10(2)21-14-17-15-9-18(14)3/h5-10H,4H2,1-3H3,(H,16,19)/t10-/m0/s1. The molecule has 2 aromatic rings. The molecule has 0 saturated heterocycles. The van der Waals surface area contributed by atoms with Crippen LogP contribution < -0.4 is 10.1 Å². The fourth-order valence-corrected chi connectivity index (χ4v) is 2.43. The van der Waals surface area contributed by atoms with E-state index < -0.39 is 0 Å². The highest BCUT2D eigenvalue weighted by Gasteiger charge is 2.17. The average molecular weight is 306 g/mol. The number of anilines is 1. The van der Waals surface area contributed by atoms with Crippen molar-refractivity contribution in [3.63, 3.8) is 0 Å². The Morgan fingerprint density at radius 1 is 1.43 bits per heavy atom. The van der Waals surface area contributed by atoms with Crippen LogP contribution in [-0.4, -0.2) is 32.5 Å². The fraction of sp³-hybridized carbons (Fsp3) is 0.357. The Morgan fingerprint density at radius 3 is 2.71 bits per heavy atom. The minimum absolute atomic E-state index is 0.0767. The fourth-order valence-electron chi connectivity index (χ4n) is 1.64. The lowest BCUT2D eigenvalue weighted by Gasteiger charge is -2.11. The van der Waals surface area contributed by atoms with E-state index in [9.17, 15) is 4.79 Å². The Hall–Kier alpha value is -2.02. The van der Waals surface area contributed by atoms with Gasteiger partial charge in [0.05, 0.1) is 11.9 Å². The first-order valence-corrected chi connectivity index (χ1v) is 7.52. The lowest BCUT2D eigenvalue weighted by Crippen LogP contribution is -2.22. The Labute approximate surface area is 127 Å². The van der Waals surface area contributed by atoms with Crippen LogP contribution in [0, 0.1) is 0 Å². The van der Waals surface area contributed by atoms with Crippen LogP contribution in [0.25, 0.3) is 0 Å². The molecular formula is C14H18N4O2S. The Morgan fingerprint density at radius 2 is 2.14 bits per heavy atom. The Kier molecular flexibility index (Phi) is 5.21. The highest BCUT2D eigenvalue weighted by molar-refractivity contribution is 8.00. The summed E-state index contributed by atoms with van der Waals surface area (Å²) in [6.45, 7) is 4.39. The van der Waals surface area contributed by atoms with Crippen LogP contribution in [0.15, 0.2) is 35.7 Å². The van der Waals surface area contributed by atoms with E-state index in [1.165, 1.54) is 11.8 Å². The van der Waals surface area contributed by atoms with Crippen molar-refractivity contribution in [2.75, 3.05) is 11.9 Å². The number of nitrogens with zero attached hydrogens (tertiary/aromatic N) is 3. The summed E-state index contributed by atoms with van der Waals surface area (Å²) in [5, 5.41) is 11.1. The number of aromatic nitrogens is 3. The molecule has 0 aliphatic heterocycles. The van der Waals surface area contributed by atoms with Gasteiger partial charge in [-0.25, -0.2) is 0 Å². The molecule has 0 unspecified atom stereocenters. The smallest absolute Gasteiger partial charge is 0.237 e. The molecule has 6 nitrogen and oxygen atoms in total. The van der Waals surface area contributed by atoms with Gasteiger partial charge in [0.1, 0.15) is 12.1 Å². The molecule has 0 saturated carbocycles. The van der Waals surface area contributed by atoms with E-state index in [2.05, 4.69) is 15.5 Å². The SMILES string of the molecule is CCOc1ccc(NC(=O)[C@H](C)Sc2nncn2C)cc1. The first kappa shape index (κ1) is 15.4. The zero-order chi connectivity index (χ0) is 15.2. The van der Waals surface area contributed by atoms with E-state index in [0.717, 1.165) is 11.4 Å². The molecule has 1 atom stereocenters. The second-order valence-electron chi connectivity index (χ2n) is 4.43. The highest BCUT2D eigenvalue weighted by atomic mass is 32.2. The number of carbonyl (C=O) groups excluding carboxylic acids is 1. The molecule has 0 aliphatic carbocycles. The lowest BCUT2D eigenvalue weighted by molar-refractivity contribution is -0.115. The number of ether oxygens (including phenoxy) is 1. The number of benzene rings is 1. The van der Waals surface area contributed by atoms with Crippen molar-refractivity contribution in [2.24, 2.45) is 7.05 Å². The van der Waals surface area contributed by atoms with Crippen molar-refractivity contribution in [1.82, 2.24) is 14.8 Å². The second-order valence-corrected chi connectivity index (χ2v) is 5.74. The van der Waals surface area contributed by atoms with Crippen LogP contribution in [0.1, 0.15) is 13.8 Å². The van der Waals surface area contributed by atoms with Gasteiger partial charge in [0.25, 0.3) is 0 Å². The van der Waals surface area contributed by atoms with E-state index in [4.69, 9.17) is 4.74 Å². The summed E-state index contributed by atoms with van der Waals surface area (Å²) >= 11 is 1.37. The summed E-state index contributed by atoms with van der Waals surface area (Å²) in [6.07, 6.45) is 1.61. The van der Waals surface area contributed by atoms with Crippen molar-refractivity contribution in [1.29, 1.82) is 0 Å².